The van der Waals surface area contributed by atoms with Crippen molar-refractivity contribution in [2.24, 2.45) is 22.9 Å². The molecule has 0 aromatic rings. The molecule has 0 spiro atoms. The SMILES string of the molecule is CCCCCCCCCC[C@H]1OC(O[C@@H]2C(N)CC(N)C(O[C@H]3OC(CN)[C@@H](O)[C@H](O)C3O)[C@@H]2O)[C@H](O)[C@H](N)C1O. The summed E-state index contributed by atoms with van der Waals surface area (Å²) < 4.78 is 23.3. The van der Waals surface area contributed by atoms with Gasteiger partial charge in [0.2, 0.25) is 0 Å². The smallest absolute Gasteiger partial charge is 0.187 e. The van der Waals surface area contributed by atoms with Gasteiger partial charge in [-0.1, -0.05) is 58.3 Å². The maximum Gasteiger partial charge on any atom is 0.187 e. The van der Waals surface area contributed by atoms with Crippen molar-refractivity contribution < 1.29 is 49.6 Å². The highest BCUT2D eigenvalue weighted by Crippen LogP contribution is 2.32. The Labute approximate surface area is 242 Å². The quantitative estimate of drug-likeness (QED) is 0.0914. The molecule has 7 unspecified atom stereocenters. The Balaban J connectivity index is 1.59. The van der Waals surface area contributed by atoms with Gasteiger partial charge in [-0.05, 0) is 12.8 Å². The van der Waals surface area contributed by atoms with Crippen molar-refractivity contribution in [3.63, 3.8) is 0 Å². The Bertz CT molecular complexity index is 757. The molecule has 2 aliphatic heterocycles. The molecule has 3 fully saturated rings. The number of hydrogen-bond donors (Lipinski definition) is 10. The van der Waals surface area contributed by atoms with E-state index in [4.69, 9.17) is 41.9 Å². The molecule has 0 radical (unpaired) electrons. The van der Waals surface area contributed by atoms with E-state index in [-0.39, 0.29) is 13.0 Å². The third kappa shape index (κ3) is 8.76. The largest absolute Gasteiger partial charge is 0.389 e. The van der Waals surface area contributed by atoms with Crippen LogP contribution in [0.2, 0.25) is 0 Å². The average molecular weight is 595 g/mol. The van der Waals surface area contributed by atoms with Crippen molar-refractivity contribution in [1.82, 2.24) is 0 Å². The van der Waals surface area contributed by atoms with Gasteiger partial charge in [0.05, 0.1) is 18.2 Å². The van der Waals surface area contributed by atoms with Crippen LogP contribution in [-0.4, -0.2) is 129 Å². The molecule has 0 aromatic heterocycles. The fourth-order valence-electron chi connectivity index (χ4n) is 5.97. The molecule has 14 nitrogen and oxygen atoms in total. The highest BCUT2D eigenvalue weighted by Gasteiger charge is 2.51. The Kier molecular flexibility index (Phi) is 14.1. The van der Waals surface area contributed by atoms with Crippen LogP contribution in [0.5, 0.6) is 0 Å². The summed E-state index contributed by atoms with van der Waals surface area (Å²) in [5, 5.41) is 63.2. The van der Waals surface area contributed by atoms with E-state index in [1.54, 1.807) is 0 Å². The Morgan fingerprint density at radius 2 is 1.12 bits per heavy atom. The minimum absolute atomic E-state index is 0.139. The first kappa shape index (κ1) is 34.9. The zero-order valence-corrected chi connectivity index (χ0v) is 24.1. The van der Waals surface area contributed by atoms with Gasteiger partial charge in [-0.3, -0.25) is 0 Å². The first-order chi connectivity index (χ1) is 19.5. The molecule has 242 valence electrons. The minimum Gasteiger partial charge on any atom is -0.389 e. The third-order valence-electron chi connectivity index (χ3n) is 8.64. The molecule has 2 heterocycles. The lowest BCUT2D eigenvalue weighted by Gasteiger charge is -2.48. The van der Waals surface area contributed by atoms with Crippen molar-refractivity contribution in [3.8, 4) is 0 Å². The first-order valence-corrected chi connectivity index (χ1v) is 15.2. The Hall–Kier alpha value is -0.560. The predicted molar refractivity (Wildman–Crippen MR) is 148 cm³/mol. The minimum atomic E-state index is -1.64. The fraction of sp³-hybridized carbons (Fsp3) is 1.00. The average Bonchev–Trinajstić information content (AvgIpc) is 2.95. The van der Waals surface area contributed by atoms with Crippen LogP contribution in [0.3, 0.4) is 0 Å². The second-order valence-electron chi connectivity index (χ2n) is 11.9. The van der Waals surface area contributed by atoms with Crippen LogP contribution >= 0.6 is 0 Å². The molecule has 3 rings (SSSR count). The normalized spacial score (nSPS) is 45.6. The lowest BCUT2D eigenvalue weighted by atomic mass is 9.84. The van der Waals surface area contributed by atoms with Crippen LogP contribution < -0.4 is 22.9 Å². The number of hydrogen-bond acceptors (Lipinski definition) is 14. The van der Waals surface area contributed by atoms with Crippen molar-refractivity contribution in [2.45, 2.75) is 163 Å². The summed E-state index contributed by atoms with van der Waals surface area (Å²) >= 11 is 0. The summed E-state index contributed by atoms with van der Waals surface area (Å²) in [6, 6.07) is -2.61. The van der Waals surface area contributed by atoms with E-state index >= 15 is 0 Å². The van der Waals surface area contributed by atoms with Crippen molar-refractivity contribution >= 4 is 0 Å². The van der Waals surface area contributed by atoms with Gasteiger partial charge in [0, 0.05) is 18.6 Å². The van der Waals surface area contributed by atoms with E-state index in [9.17, 15) is 30.6 Å². The molecule has 1 saturated carbocycles. The third-order valence-corrected chi connectivity index (χ3v) is 8.64. The second kappa shape index (κ2) is 16.5. The van der Waals surface area contributed by atoms with Crippen molar-refractivity contribution in [2.75, 3.05) is 6.54 Å². The second-order valence-corrected chi connectivity index (χ2v) is 11.9. The number of nitrogens with two attached hydrogens (primary N) is 4. The molecule has 2 saturated heterocycles. The first-order valence-electron chi connectivity index (χ1n) is 15.2. The van der Waals surface area contributed by atoms with Gasteiger partial charge in [-0.15, -0.1) is 0 Å². The maximum atomic E-state index is 11.2. The lowest BCUT2D eigenvalue weighted by Crippen LogP contribution is -2.68. The summed E-state index contributed by atoms with van der Waals surface area (Å²) in [5.74, 6) is 0. The zero-order chi connectivity index (χ0) is 30.3. The summed E-state index contributed by atoms with van der Waals surface area (Å²) in [7, 11) is 0. The monoisotopic (exact) mass is 594 g/mol. The number of rotatable bonds is 14. The number of aliphatic hydroxyl groups is 6. The summed E-state index contributed by atoms with van der Waals surface area (Å²) in [5.41, 5.74) is 24.2. The van der Waals surface area contributed by atoms with Gasteiger partial charge in [-0.2, -0.15) is 0 Å². The number of unbranched alkanes of at least 4 members (excludes halogenated alkanes) is 7. The number of aliphatic hydroxyl groups excluding tert-OH is 6. The van der Waals surface area contributed by atoms with Crippen LogP contribution in [0.4, 0.5) is 0 Å². The van der Waals surface area contributed by atoms with E-state index in [1.807, 2.05) is 0 Å². The van der Waals surface area contributed by atoms with Crippen LogP contribution in [-0.2, 0) is 18.9 Å². The van der Waals surface area contributed by atoms with Gasteiger partial charge >= 0.3 is 0 Å². The number of ether oxygens (including phenoxy) is 4. The van der Waals surface area contributed by atoms with Crippen molar-refractivity contribution in [3.05, 3.63) is 0 Å². The molecule has 0 amide bonds. The van der Waals surface area contributed by atoms with Crippen LogP contribution in [0, 0.1) is 0 Å². The standard InChI is InChI=1S/C27H54N4O10/c1-2-3-4-5-6-7-8-9-10-15-18(32)17(31)20(34)26(38-15)40-24-13(29)11-14(30)25(23(24)37)41-27-22(36)21(35)19(33)16(12-28)39-27/h13-27,32-37H,2-12,28-31H2,1H3/t13?,14?,15-,16?,17-,18?,19-,20-,21+,22?,23-,24-,25?,26?,27-/m1/s1. The van der Waals surface area contributed by atoms with Crippen LogP contribution in [0.25, 0.3) is 0 Å². The molecule has 41 heavy (non-hydrogen) atoms. The van der Waals surface area contributed by atoms with Gasteiger partial charge < -0.3 is 72.5 Å². The van der Waals surface area contributed by atoms with E-state index in [1.165, 1.54) is 25.7 Å². The molecule has 0 bridgehead atoms. The molecule has 14 heteroatoms. The molecular formula is C27H54N4O10. The van der Waals surface area contributed by atoms with Gasteiger partial charge in [-0.25, -0.2) is 0 Å². The van der Waals surface area contributed by atoms with Crippen LogP contribution in [0.15, 0.2) is 0 Å². The Morgan fingerprint density at radius 3 is 1.68 bits per heavy atom. The fourth-order valence-corrected chi connectivity index (χ4v) is 5.97. The zero-order valence-electron chi connectivity index (χ0n) is 24.1. The van der Waals surface area contributed by atoms with E-state index in [2.05, 4.69) is 6.92 Å². The molecular weight excluding hydrogens is 540 g/mol. The highest BCUT2D eigenvalue weighted by molar-refractivity contribution is 5.01. The lowest BCUT2D eigenvalue weighted by molar-refractivity contribution is -0.331. The van der Waals surface area contributed by atoms with Crippen molar-refractivity contribution in [1.29, 1.82) is 0 Å². The van der Waals surface area contributed by atoms with Gasteiger partial charge in [0.25, 0.3) is 0 Å². The van der Waals surface area contributed by atoms with E-state index < -0.39 is 91.7 Å². The van der Waals surface area contributed by atoms with E-state index in [0.717, 1.165) is 25.7 Å². The van der Waals surface area contributed by atoms with Crippen LogP contribution in [0.1, 0.15) is 71.1 Å². The topological polar surface area (TPSA) is 262 Å². The van der Waals surface area contributed by atoms with Gasteiger partial charge in [0.1, 0.15) is 48.8 Å². The van der Waals surface area contributed by atoms with Gasteiger partial charge in [0.15, 0.2) is 12.6 Å². The summed E-state index contributed by atoms with van der Waals surface area (Å²) in [6.45, 7) is 2.04. The molecule has 15 atom stereocenters. The van der Waals surface area contributed by atoms with E-state index in [0.29, 0.717) is 6.42 Å². The highest BCUT2D eigenvalue weighted by atomic mass is 16.7. The summed E-state index contributed by atoms with van der Waals surface area (Å²) in [6.07, 6.45) is -5.63. The maximum absolute atomic E-state index is 11.2. The molecule has 0 aromatic carbocycles. The molecule has 1 aliphatic carbocycles. The summed E-state index contributed by atoms with van der Waals surface area (Å²) in [4.78, 5) is 0. The predicted octanol–water partition coefficient (Wildman–Crippen LogP) is -2.75. The molecule has 3 aliphatic rings. The Morgan fingerprint density at radius 1 is 0.610 bits per heavy atom. The molecule has 14 N–H and O–H groups in total.